The van der Waals surface area contributed by atoms with Crippen LogP contribution in [0.15, 0.2) is 41.3 Å². The zero-order valence-electron chi connectivity index (χ0n) is 13.7. The van der Waals surface area contributed by atoms with Crippen molar-refractivity contribution in [3.05, 3.63) is 58.3 Å². The van der Waals surface area contributed by atoms with Gasteiger partial charge in [0.05, 0.1) is 0 Å². The van der Waals surface area contributed by atoms with Gasteiger partial charge in [-0.05, 0) is 25.1 Å². The third-order valence-corrected chi connectivity index (χ3v) is 3.99. The molecule has 4 aromatic rings. The summed E-state index contributed by atoms with van der Waals surface area (Å²) in [7, 11) is 0. The fourth-order valence-corrected chi connectivity index (χ4v) is 2.67. The minimum absolute atomic E-state index is 0.0631. The number of carbonyl (C=O) groups is 1. The van der Waals surface area contributed by atoms with Crippen LogP contribution in [0.5, 0.6) is 0 Å². The van der Waals surface area contributed by atoms with Crippen LogP contribution in [0.2, 0.25) is 0 Å². The summed E-state index contributed by atoms with van der Waals surface area (Å²) in [5, 5.41) is 12.4. The van der Waals surface area contributed by atoms with Crippen molar-refractivity contribution < 1.29 is 4.79 Å². The van der Waals surface area contributed by atoms with Crippen LogP contribution in [0.1, 0.15) is 30.0 Å². The number of hydrogen-bond acceptors (Lipinski definition) is 6. The minimum atomic E-state index is -0.332. The fourth-order valence-electron chi connectivity index (χ4n) is 2.67. The highest BCUT2D eigenvalue weighted by molar-refractivity contribution is 5.94. The van der Waals surface area contributed by atoms with Gasteiger partial charge in [0.1, 0.15) is 5.52 Å². The first-order valence-electron chi connectivity index (χ1n) is 7.83. The van der Waals surface area contributed by atoms with E-state index in [1.165, 1.54) is 16.0 Å². The molecule has 0 spiro atoms. The molecule has 3 heterocycles. The molecule has 0 N–H and O–H groups in total. The van der Waals surface area contributed by atoms with E-state index >= 15 is 0 Å². The fraction of sp³-hybridized carbons (Fsp3) is 0.176. The average molecular weight is 334 g/mol. The molecule has 3 aromatic heterocycles. The van der Waals surface area contributed by atoms with Crippen molar-refractivity contribution in [2.75, 3.05) is 0 Å². The van der Waals surface area contributed by atoms with Crippen LogP contribution in [0.3, 0.4) is 0 Å². The van der Waals surface area contributed by atoms with Crippen LogP contribution in [-0.2, 0) is 6.42 Å². The molecular formula is C17H14N6O2. The second-order valence-electron chi connectivity index (χ2n) is 5.62. The zero-order valence-corrected chi connectivity index (χ0v) is 13.7. The predicted octanol–water partition coefficient (Wildman–Crippen LogP) is 1.59. The second kappa shape index (κ2) is 5.59. The Hall–Kier alpha value is -3.42. The number of carbonyl (C=O) groups excluding carboxylic acids is 1. The largest absolute Gasteiger partial charge is 0.295 e. The van der Waals surface area contributed by atoms with Gasteiger partial charge in [-0.3, -0.25) is 14.2 Å². The molecule has 1 aromatic carbocycles. The lowest BCUT2D eigenvalue weighted by Gasteiger charge is -2.08. The molecule has 8 nitrogen and oxygen atoms in total. The first-order chi connectivity index (χ1) is 12.1. The minimum Gasteiger partial charge on any atom is -0.295 e. The number of nitrogens with zero attached hydrogens (tertiary/aromatic N) is 6. The van der Waals surface area contributed by atoms with Gasteiger partial charge in [-0.2, -0.15) is 9.50 Å². The molecule has 0 saturated heterocycles. The Morgan fingerprint density at radius 2 is 2.04 bits per heavy atom. The standard InChI is InChI=1S/C17H14N6O2/c1-3-14-18-17-20-19-15-13(23(17)21-14)7-8-22(16(15)25)12-6-4-5-11(9-12)10(2)24/h4-9H,3H2,1-2H3. The molecule has 0 saturated carbocycles. The molecule has 0 aliphatic rings. The lowest BCUT2D eigenvalue weighted by Crippen LogP contribution is -2.20. The van der Waals surface area contributed by atoms with Crippen LogP contribution in [-0.4, -0.2) is 35.1 Å². The Morgan fingerprint density at radius 3 is 2.80 bits per heavy atom. The van der Waals surface area contributed by atoms with Gasteiger partial charge >= 0.3 is 0 Å². The summed E-state index contributed by atoms with van der Waals surface area (Å²) in [6, 6.07) is 8.63. The first-order valence-corrected chi connectivity index (χ1v) is 7.83. The van der Waals surface area contributed by atoms with Crippen molar-refractivity contribution in [3.63, 3.8) is 0 Å². The maximum absolute atomic E-state index is 12.8. The summed E-state index contributed by atoms with van der Waals surface area (Å²) in [5.41, 5.74) is 1.53. The zero-order chi connectivity index (χ0) is 17.6. The van der Waals surface area contributed by atoms with Gasteiger partial charge in [0, 0.05) is 23.9 Å². The SMILES string of the molecule is CCc1nc2nnc3c(=O)n(-c4cccc(C(C)=O)c4)ccc3n2n1. The average Bonchev–Trinajstić information content (AvgIpc) is 3.06. The summed E-state index contributed by atoms with van der Waals surface area (Å²) in [4.78, 5) is 28.7. The van der Waals surface area contributed by atoms with Crippen molar-refractivity contribution in [2.24, 2.45) is 0 Å². The molecule has 0 aliphatic heterocycles. The van der Waals surface area contributed by atoms with E-state index < -0.39 is 0 Å². The van der Waals surface area contributed by atoms with Gasteiger partial charge in [0.15, 0.2) is 17.1 Å². The Morgan fingerprint density at radius 1 is 1.20 bits per heavy atom. The number of aromatic nitrogens is 6. The molecule has 0 unspecified atom stereocenters. The van der Waals surface area contributed by atoms with E-state index in [1.807, 2.05) is 6.92 Å². The van der Waals surface area contributed by atoms with E-state index in [2.05, 4.69) is 20.3 Å². The summed E-state index contributed by atoms with van der Waals surface area (Å²) in [6.45, 7) is 3.43. The third-order valence-electron chi connectivity index (χ3n) is 3.99. The number of aryl methyl sites for hydroxylation is 1. The molecule has 4 rings (SSSR count). The lowest BCUT2D eigenvalue weighted by molar-refractivity contribution is 0.101. The smallest absolute Gasteiger partial charge is 0.285 e. The summed E-state index contributed by atoms with van der Waals surface area (Å²) >= 11 is 0. The Labute approximate surface area is 141 Å². The van der Waals surface area contributed by atoms with Crippen LogP contribution in [0.25, 0.3) is 22.5 Å². The van der Waals surface area contributed by atoms with Crippen molar-refractivity contribution >= 4 is 22.6 Å². The van der Waals surface area contributed by atoms with E-state index in [4.69, 9.17) is 0 Å². The normalized spacial score (nSPS) is 11.3. The van der Waals surface area contributed by atoms with Crippen molar-refractivity contribution in [3.8, 4) is 5.69 Å². The molecule has 0 fully saturated rings. The highest BCUT2D eigenvalue weighted by Gasteiger charge is 2.13. The number of fused-ring (bicyclic) bond motifs is 3. The predicted molar refractivity (Wildman–Crippen MR) is 91.1 cm³/mol. The number of rotatable bonds is 3. The third kappa shape index (κ3) is 2.38. The van der Waals surface area contributed by atoms with Gasteiger partial charge in [-0.1, -0.05) is 19.1 Å². The van der Waals surface area contributed by atoms with Crippen LogP contribution >= 0.6 is 0 Å². The molecule has 0 radical (unpaired) electrons. The summed E-state index contributed by atoms with van der Waals surface area (Å²) in [6.07, 6.45) is 2.30. The molecule has 0 aliphatic carbocycles. The lowest BCUT2D eigenvalue weighted by atomic mass is 10.1. The van der Waals surface area contributed by atoms with Gasteiger partial charge in [-0.25, -0.2) is 0 Å². The van der Waals surface area contributed by atoms with Gasteiger partial charge in [0.2, 0.25) is 0 Å². The van der Waals surface area contributed by atoms with Crippen LogP contribution in [0.4, 0.5) is 0 Å². The van der Waals surface area contributed by atoms with Crippen LogP contribution < -0.4 is 5.56 Å². The van der Waals surface area contributed by atoms with Crippen LogP contribution in [0, 0.1) is 0 Å². The monoisotopic (exact) mass is 334 g/mol. The Bertz CT molecular complexity index is 1190. The van der Waals surface area contributed by atoms with E-state index in [0.29, 0.717) is 34.8 Å². The van der Waals surface area contributed by atoms with E-state index in [1.54, 1.807) is 36.5 Å². The number of benzene rings is 1. The number of ketones is 1. The quantitative estimate of drug-likeness (QED) is 0.528. The second-order valence-corrected chi connectivity index (χ2v) is 5.62. The van der Waals surface area contributed by atoms with E-state index in [-0.39, 0.29) is 16.9 Å². The van der Waals surface area contributed by atoms with Crippen molar-refractivity contribution in [1.29, 1.82) is 0 Å². The Kier molecular flexibility index (Phi) is 3.38. The molecule has 25 heavy (non-hydrogen) atoms. The van der Waals surface area contributed by atoms with Gasteiger partial charge < -0.3 is 0 Å². The number of pyridine rings is 1. The Balaban J connectivity index is 1.97. The van der Waals surface area contributed by atoms with E-state index in [9.17, 15) is 9.59 Å². The molecule has 0 amide bonds. The molecule has 0 bridgehead atoms. The maximum Gasteiger partial charge on any atom is 0.285 e. The molecular weight excluding hydrogens is 320 g/mol. The molecule has 8 heteroatoms. The van der Waals surface area contributed by atoms with E-state index in [0.717, 1.165) is 0 Å². The molecule has 0 atom stereocenters. The number of hydrogen-bond donors (Lipinski definition) is 0. The maximum atomic E-state index is 12.8. The van der Waals surface area contributed by atoms with Gasteiger partial charge in [0.25, 0.3) is 11.3 Å². The first kappa shape index (κ1) is 15.1. The number of Topliss-reactive ketones (excluding diaryl/α,β-unsaturated/α-hetero) is 1. The van der Waals surface area contributed by atoms with Crippen molar-refractivity contribution in [1.82, 2.24) is 29.4 Å². The van der Waals surface area contributed by atoms with Crippen molar-refractivity contribution in [2.45, 2.75) is 20.3 Å². The topological polar surface area (TPSA) is 95.0 Å². The summed E-state index contributed by atoms with van der Waals surface area (Å²) in [5.74, 6) is 0.937. The highest BCUT2D eigenvalue weighted by Crippen LogP contribution is 2.13. The molecule has 124 valence electrons. The van der Waals surface area contributed by atoms with Gasteiger partial charge in [-0.15, -0.1) is 15.3 Å². The summed E-state index contributed by atoms with van der Waals surface area (Å²) < 4.78 is 2.96. The highest BCUT2D eigenvalue weighted by atomic mass is 16.1.